The van der Waals surface area contributed by atoms with Crippen LogP contribution in [0.1, 0.15) is 42.0 Å². The second-order valence-corrected chi connectivity index (χ2v) is 9.49. The van der Waals surface area contributed by atoms with Crippen molar-refractivity contribution >= 4 is 0 Å². The zero-order valence-corrected chi connectivity index (χ0v) is 20.8. The van der Waals surface area contributed by atoms with Crippen LogP contribution >= 0.6 is 0 Å². The molecule has 5 rings (SSSR count). The van der Waals surface area contributed by atoms with Gasteiger partial charge in [0.15, 0.2) is 11.2 Å². The molecule has 1 aliphatic carbocycles. The number of rotatable bonds is 7. The Morgan fingerprint density at radius 2 is 1.78 bits per heavy atom. The number of aromatic nitrogens is 1. The summed E-state index contributed by atoms with van der Waals surface area (Å²) in [6.45, 7) is 6.38. The first-order chi connectivity index (χ1) is 17.5. The molecule has 2 aromatic carbocycles. The molecule has 186 valence electrons. The largest absolute Gasteiger partial charge is 0.495 e. The third-order valence-electron chi connectivity index (χ3n) is 7.98. The van der Waals surface area contributed by atoms with Crippen LogP contribution in [0.25, 0.3) is 0 Å². The van der Waals surface area contributed by atoms with Gasteiger partial charge in [-0.3, -0.25) is 4.98 Å². The number of nitriles is 1. The quantitative estimate of drug-likeness (QED) is 0.528. The third-order valence-corrected chi connectivity index (χ3v) is 7.98. The van der Waals surface area contributed by atoms with E-state index in [4.69, 9.17) is 9.47 Å². The second-order valence-electron chi connectivity index (χ2n) is 9.49. The van der Waals surface area contributed by atoms with E-state index in [1.165, 1.54) is 13.3 Å². The molecule has 7 heteroatoms. The minimum atomic E-state index is -1.83. The van der Waals surface area contributed by atoms with Crippen molar-refractivity contribution in [2.45, 2.75) is 37.1 Å². The average Bonchev–Trinajstić information content (AvgIpc) is 3.30. The van der Waals surface area contributed by atoms with Crippen LogP contribution in [0.4, 0.5) is 0 Å². The van der Waals surface area contributed by atoms with Gasteiger partial charge < -0.3 is 24.6 Å². The second kappa shape index (κ2) is 9.21. The molecule has 1 aliphatic heterocycles. The van der Waals surface area contributed by atoms with Gasteiger partial charge in [-0.15, -0.1) is 0 Å². The number of methoxy groups -OCH3 is 1. The molecule has 1 saturated carbocycles. The van der Waals surface area contributed by atoms with Crippen LogP contribution in [0.2, 0.25) is 0 Å². The van der Waals surface area contributed by atoms with Crippen molar-refractivity contribution in [3.8, 4) is 17.6 Å². The summed E-state index contributed by atoms with van der Waals surface area (Å²) in [5.74, 6) is -0.0364. The molecular weight excluding hydrogens is 454 g/mol. The van der Waals surface area contributed by atoms with E-state index in [-0.39, 0.29) is 5.92 Å². The number of fused-ring (bicyclic) bond motifs is 3. The summed E-state index contributed by atoms with van der Waals surface area (Å²) >= 11 is 0. The number of aliphatic hydroxyl groups excluding tert-OH is 1. The SMILES string of the molecule is CCN(CC)CC1C(c2ccccc2)[C@]2(c3ccc(C#N)cc3)Oc3cncc(OC)c3[C@]2(O)[C@@H]1O. The molecule has 36 heavy (non-hydrogen) atoms. The highest BCUT2D eigenvalue weighted by Crippen LogP contribution is 2.69. The third kappa shape index (κ3) is 3.26. The van der Waals surface area contributed by atoms with Gasteiger partial charge in [-0.25, -0.2) is 0 Å². The van der Waals surface area contributed by atoms with Crippen LogP contribution in [0.15, 0.2) is 67.0 Å². The highest BCUT2D eigenvalue weighted by molar-refractivity contribution is 5.59. The molecule has 3 aromatic rings. The van der Waals surface area contributed by atoms with Gasteiger partial charge in [-0.1, -0.05) is 56.3 Å². The monoisotopic (exact) mass is 485 g/mol. The van der Waals surface area contributed by atoms with E-state index >= 15 is 0 Å². The first kappa shape index (κ1) is 24.3. The van der Waals surface area contributed by atoms with Crippen LogP contribution in [0.5, 0.6) is 11.5 Å². The van der Waals surface area contributed by atoms with Gasteiger partial charge >= 0.3 is 0 Å². The first-order valence-electron chi connectivity index (χ1n) is 12.4. The highest BCUT2D eigenvalue weighted by Gasteiger charge is 2.76. The van der Waals surface area contributed by atoms with E-state index in [0.29, 0.717) is 34.7 Å². The standard InChI is InChI=1S/C29H31N3O4/c1-4-32(5-2)18-22-25(20-9-7-6-8-10-20)29(21-13-11-19(15-30)12-14-21)28(34,27(22)33)26-23(35-3)16-31-17-24(26)36-29/h6-14,16-17,22,25,27,33-34H,4-5,18H2,1-3H3/t22?,25?,27-,28+,29+/m1/s1. The number of hydrogen-bond acceptors (Lipinski definition) is 7. The Hall–Kier alpha value is -3.44. The predicted molar refractivity (Wildman–Crippen MR) is 135 cm³/mol. The highest BCUT2D eigenvalue weighted by atomic mass is 16.5. The molecule has 0 bridgehead atoms. The van der Waals surface area contributed by atoms with E-state index < -0.39 is 23.2 Å². The number of aliphatic hydroxyl groups is 2. The molecule has 1 aromatic heterocycles. The number of benzene rings is 2. The zero-order chi connectivity index (χ0) is 25.5. The van der Waals surface area contributed by atoms with Crippen molar-refractivity contribution in [1.82, 2.24) is 9.88 Å². The molecule has 0 saturated heterocycles. The van der Waals surface area contributed by atoms with Gasteiger partial charge in [0.05, 0.1) is 42.8 Å². The molecule has 0 spiro atoms. The molecule has 2 unspecified atom stereocenters. The van der Waals surface area contributed by atoms with E-state index in [2.05, 4.69) is 29.8 Å². The Bertz CT molecular complexity index is 1270. The molecule has 0 amide bonds. The zero-order valence-electron chi connectivity index (χ0n) is 20.8. The number of nitrogens with zero attached hydrogens (tertiary/aromatic N) is 3. The van der Waals surface area contributed by atoms with Crippen molar-refractivity contribution in [3.63, 3.8) is 0 Å². The van der Waals surface area contributed by atoms with Gasteiger partial charge in [-0.2, -0.15) is 5.26 Å². The Morgan fingerprint density at radius 3 is 2.39 bits per heavy atom. The fraction of sp³-hybridized carbons (Fsp3) is 0.379. The van der Waals surface area contributed by atoms with Gasteiger partial charge in [0.2, 0.25) is 0 Å². The van der Waals surface area contributed by atoms with Crippen molar-refractivity contribution in [1.29, 1.82) is 5.26 Å². The lowest BCUT2D eigenvalue weighted by Gasteiger charge is -2.41. The summed E-state index contributed by atoms with van der Waals surface area (Å²) in [7, 11) is 1.52. The Kier molecular flexibility index (Phi) is 6.21. The molecule has 2 heterocycles. The number of hydrogen-bond donors (Lipinski definition) is 2. The van der Waals surface area contributed by atoms with E-state index in [1.54, 1.807) is 18.3 Å². The Labute approximate surface area is 211 Å². The maximum Gasteiger partial charge on any atom is 0.177 e. The van der Waals surface area contributed by atoms with Gasteiger partial charge in [0.1, 0.15) is 11.5 Å². The number of ether oxygens (including phenoxy) is 2. The van der Waals surface area contributed by atoms with Gasteiger partial charge in [0, 0.05) is 18.4 Å². The summed E-state index contributed by atoms with van der Waals surface area (Å²) in [5.41, 5.74) is -0.671. The lowest BCUT2D eigenvalue weighted by molar-refractivity contribution is -0.152. The van der Waals surface area contributed by atoms with Crippen LogP contribution in [-0.4, -0.2) is 52.9 Å². The topological polar surface area (TPSA) is 98.8 Å². The predicted octanol–water partition coefficient (Wildman–Crippen LogP) is 3.55. The smallest absolute Gasteiger partial charge is 0.177 e. The summed E-state index contributed by atoms with van der Waals surface area (Å²) in [5, 5.41) is 34.3. The van der Waals surface area contributed by atoms with E-state index in [1.807, 2.05) is 42.5 Å². The van der Waals surface area contributed by atoms with Crippen molar-refractivity contribution < 1.29 is 19.7 Å². The minimum absolute atomic E-state index is 0.361. The molecule has 0 radical (unpaired) electrons. The summed E-state index contributed by atoms with van der Waals surface area (Å²) in [6.07, 6.45) is 1.93. The lowest BCUT2D eigenvalue weighted by Crippen LogP contribution is -2.52. The molecule has 2 N–H and O–H groups in total. The summed E-state index contributed by atoms with van der Waals surface area (Å²) in [4.78, 5) is 6.52. The summed E-state index contributed by atoms with van der Waals surface area (Å²) in [6, 6.07) is 19.1. The fourth-order valence-electron chi connectivity index (χ4n) is 6.31. The molecule has 7 nitrogen and oxygen atoms in total. The maximum atomic E-state index is 12.8. The van der Waals surface area contributed by atoms with E-state index in [9.17, 15) is 15.5 Å². The van der Waals surface area contributed by atoms with Crippen LogP contribution in [0.3, 0.4) is 0 Å². The fourth-order valence-corrected chi connectivity index (χ4v) is 6.31. The van der Waals surface area contributed by atoms with Crippen molar-refractivity contribution in [3.05, 3.63) is 89.2 Å². The minimum Gasteiger partial charge on any atom is -0.495 e. The van der Waals surface area contributed by atoms with Gasteiger partial charge in [-0.05, 0) is 36.3 Å². The summed E-state index contributed by atoms with van der Waals surface area (Å²) < 4.78 is 12.4. The van der Waals surface area contributed by atoms with E-state index in [0.717, 1.165) is 18.7 Å². The number of pyridine rings is 1. The van der Waals surface area contributed by atoms with Crippen LogP contribution in [0, 0.1) is 17.2 Å². The molecule has 5 atom stereocenters. The molecular formula is C29H31N3O4. The van der Waals surface area contributed by atoms with Crippen LogP contribution < -0.4 is 9.47 Å². The molecule has 1 fully saturated rings. The Balaban J connectivity index is 1.83. The molecule has 2 aliphatic rings. The average molecular weight is 486 g/mol. The normalized spacial score (nSPS) is 28.3. The van der Waals surface area contributed by atoms with Crippen LogP contribution in [-0.2, 0) is 11.2 Å². The Morgan fingerprint density at radius 1 is 1.08 bits per heavy atom. The van der Waals surface area contributed by atoms with Gasteiger partial charge in [0.25, 0.3) is 0 Å². The maximum absolute atomic E-state index is 12.8. The first-order valence-corrected chi connectivity index (χ1v) is 12.4. The van der Waals surface area contributed by atoms with Crippen molar-refractivity contribution in [2.24, 2.45) is 5.92 Å². The lowest BCUT2D eigenvalue weighted by atomic mass is 9.70. The van der Waals surface area contributed by atoms with Crippen molar-refractivity contribution in [2.75, 3.05) is 26.7 Å².